The van der Waals surface area contributed by atoms with Gasteiger partial charge in [0.25, 0.3) is 5.91 Å². The van der Waals surface area contributed by atoms with Crippen LogP contribution in [0, 0.1) is 11.8 Å². The molecule has 4 nitrogen and oxygen atoms in total. The lowest BCUT2D eigenvalue weighted by Gasteiger charge is -2.16. The molecule has 0 spiro atoms. The topological polar surface area (TPSA) is 52.6 Å². The largest absolute Gasteiger partial charge is 0.384 e. The summed E-state index contributed by atoms with van der Waals surface area (Å²) in [5.41, 5.74) is 0. The molecule has 0 aliphatic heterocycles. The molecule has 1 amide bonds. The minimum absolute atomic E-state index is 0.0618. The fraction of sp³-hybridized carbons (Fsp3) is 0.500. The van der Waals surface area contributed by atoms with Gasteiger partial charge in [-0.3, -0.25) is 4.79 Å². The molecule has 0 radical (unpaired) electrons. The van der Waals surface area contributed by atoms with E-state index in [1.54, 1.807) is 12.1 Å². The summed E-state index contributed by atoms with van der Waals surface area (Å²) in [6.45, 7) is 2.78. The predicted octanol–water partition coefficient (Wildman–Crippen LogP) is 1.16. The highest BCUT2D eigenvalue weighted by molar-refractivity contribution is 7.14. The number of aliphatic hydroxyl groups excluding tert-OH is 1. The van der Waals surface area contributed by atoms with Crippen LogP contribution < -0.4 is 5.32 Å². The molecule has 1 unspecified atom stereocenters. The SMILES string of the molecule is CC(CCN(C)C)NC(=O)c1ccc(C#CCO)s1. The number of hydrogen-bond donors (Lipinski definition) is 2. The molecule has 1 aromatic heterocycles. The van der Waals surface area contributed by atoms with Gasteiger partial charge in [-0.15, -0.1) is 11.3 Å². The maximum atomic E-state index is 12.0. The fourth-order valence-electron chi connectivity index (χ4n) is 1.47. The third kappa shape index (κ3) is 5.88. The number of hydrogen-bond acceptors (Lipinski definition) is 4. The van der Waals surface area contributed by atoms with Crippen molar-refractivity contribution in [1.29, 1.82) is 0 Å². The molecular formula is C14H20N2O2S. The number of rotatable bonds is 5. The van der Waals surface area contributed by atoms with Crippen LogP contribution in [0.2, 0.25) is 0 Å². The van der Waals surface area contributed by atoms with Crippen molar-refractivity contribution in [2.75, 3.05) is 27.2 Å². The smallest absolute Gasteiger partial charge is 0.261 e. The normalized spacial score (nSPS) is 11.8. The van der Waals surface area contributed by atoms with E-state index in [1.165, 1.54) is 11.3 Å². The van der Waals surface area contributed by atoms with Gasteiger partial charge in [0.05, 0.1) is 9.75 Å². The van der Waals surface area contributed by atoms with Crippen molar-refractivity contribution >= 4 is 17.2 Å². The first-order valence-electron chi connectivity index (χ1n) is 6.18. The van der Waals surface area contributed by atoms with Gasteiger partial charge in [-0.05, 0) is 46.1 Å². The Morgan fingerprint density at radius 3 is 2.89 bits per heavy atom. The molecule has 0 fully saturated rings. The molecule has 1 atom stereocenters. The van der Waals surface area contributed by atoms with Gasteiger partial charge in [-0.25, -0.2) is 0 Å². The van der Waals surface area contributed by atoms with Crippen molar-refractivity contribution in [3.63, 3.8) is 0 Å². The summed E-state index contributed by atoms with van der Waals surface area (Å²) in [5, 5.41) is 11.6. The Kier molecular flexibility index (Phi) is 6.57. The average molecular weight is 280 g/mol. The molecule has 0 aliphatic carbocycles. The second-order valence-corrected chi connectivity index (χ2v) is 5.67. The van der Waals surface area contributed by atoms with Crippen LogP contribution in [0.3, 0.4) is 0 Å². The van der Waals surface area contributed by atoms with Crippen LogP contribution in [0.5, 0.6) is 0 Å². The van der Waals surface area contributed by atoms with Gasteiger partial charge in [0.2, 0.25) is 0 Å². The van der Waals surface area contributed by atoms with E-state index in [0.29, 0.717) is 4.88 Å². The van der Waals surface area contributed by atoms with Gasteiger partial charge in [-0.1, -0.05) is 11.8 Å². The number of nitrogens with zero attached hydrogens (tertiary/aromatic N) is 1. The summed E-state index contributed by atoms with van der Waals surface area (Å²) in [6, 6.07) is 3.70. The highest BCUT2D eigenvalue weighted by Crippen LogP contribution is 2.15. The Hall–Kier alpha value is -1.35. The molecule has 19 heavy (non-hydrogen) atoms. The Balaban J connectivity index is 2.51. The summed E-state index contributed by atoms with van der Waals surface area (Å²) in [6.07, 6.45) is 0.918. The van der Waals surface area contributed by atoms with E-state index in [0.717, 1.165) is 17.8 Å². The van der Waals surface area contributed by atoms with E-state index in [9.17, 15) is 4.79 Å². The molecule has 0 saturated heterocycles. The Bertz CT molecular complexity index is 471. The third-order valence-electron chi connectivity index (χ3n) is 2.51. The van der Waals surface area contributed by atoms with Gasteiger partial charge in [-0.2, -0.15) is 0 Å². The zero-order valence-corrected chi connectivity index (χ0v) is 12.4. The van der Waals surface area contributed by atoms with E-state index in [4.69, 9.17) is 5.11 Å². The van der Waals surface area contributed by atoms with Gasteiger partial charge in [0.15, 0.2) is 0 Å². The lowest BCUT2D eigenvalue weighted by Crippen LogP contribution is -2.34. The minimum atomic E-state index is -0.166. The molecule has 5 heteroatoms. The van der Waals surface area contributed by atoms with Crippen LogP contribution in [-0.2, 0) is 0 Å². The lowest BCUT2D eigenvalue weighted by atomic mass is 10.2. The van der Waals surface area contributed by atoms with Crippen molar-refractivity contribution in [3.8, 4) is 11.8 Å². The molecule has 1 heterocycles. The maximum Gasteiger partial charge on any atom is 0.261 e. The van der Waals surface area contributed by atoms with Crippen molar-refractivity contribution in [2.24, 2.45) is 0 Å². The minimum Gasteiger partial charge on any atom is -0.384 e. The first-order valence-corrected chi connectivity index (χ1v) is 6.99. The van der Waals surface area contributed by atoms with E-state index >= 15 is 0 Å². The van der Waals surface area contributed by atoms with Crippen molar-refractivity contribution in [3.05, 3.63) is 21.9 Å². The summed E-state index contributed by atoms with van der Waals surface area (Å²) in [4.78, 5) is 15.5. The summed E-state index contributed by atoms with van der Waals surface area (Å²) in [5.74, 6) is 5.30. The monoisotopic (exact) mass is 280 g/mol. The van der Waals surface area contributed by atoms with Crippen molar-refractivity contribution < 1.29 is 9.90 Å². The molecule has 1 aromatic rings. The first kappa shape index (κ1) is 15.7. The number of thiophene rings is 1. The van der Waals surface area contributed by atoms with Crippen LogP contribution in [0.4, 0.5) is 0 Å². The Morgan fingerprint density at radius 2 is 2.26 bits per heavy atom. The zero-order valence-electron chi connectivity index (χ0n) is 11.6. The highest BCUT2D eigenvalue weighted by Gasteiger charge is 2.11. The van der Waals surface area contributed by atoms with Crippen LogP contribution in [0.1, 0.15) is 27.9 Å². The van der Waals surface area contributed by atoms with Gasteiger partial charge < -0.3 is 15.3 Å². The van der Waals surface area contributed by atoms with Crippen molar-refractivity contribution in [1.82, 2.24) is 10.2 Å². The van der Waals surface area contributed by atoms with E-state index in [-0.39, 0.29) is 18.6 Å². The molecule has 0 bridgehead atoms. The van der Waals surface area contributed by atoms with Crippen LogP contribution in [-0.4, -0.2) is 49.2 Å². The Morgan fingerprint density at radius 1 is 1.53 bits per heavy atom. The molecule has 2 N–H and O–H groups in total. The van der Waals surface area contributed by atoms with E-state index < -0.39 is 0 Å². The number of amides is 1. The molecule has 1 rings (SSSR count). The molecule has 0 aliphatic rings. The predicted molar refractivity (Wildman–Crippen MR) is 78.4 cm³/mol. The molecular weight excluding hydrogens is 260 g/mol. The van der Waals surface area contributed by atoms with Gasteiger partial charge >= 0.3 is 0 Å². The van der Waals surface area contributed by atoms with E-state index in [2.05, 4.69) is 22.1 Å². The molecule has 104 valence electrons. The summed E-state index contributed by atoms with van der Waals surface area (Å²) >= 11 is 1.34. The highest BCUT2D eigenvalue weighted by atomic mass is 32.1. The molecule has 0 aromatic carbocycles. The first-order chi connectivity index (χ1) is 9.02. The van der Waals surface area contributed by atoms with Gasteiger partial charge in [0.1, 0.15) is 6.61 Å². The number of carbonyl (C=O) groups excluding carboxylic acids is 1. The summed E-state index contributed by atoms with van der Waals surface area (Å²) < 4.78 is 0. The third-order valence-corrected chi connectivity index (χ3v) is 3.51. The standard InChI is InChI=1S/C14H20N2O2S/c1-11(8-9-16(2)3)15-14(18)13-7-6-12(19-13)5-4-10-17/h6-7,11,17H,8-10H2,1-3H3,(H,15,18). The number of nitrogens with one attached hydrogen (secondary N) is 1. The van der Waals surface area contributed by atoms with Gasteiger partial charge in [0, 0.05) is 6.04 Å². The fourth-order valence-corrected chi connectivity index (χ4v) is 2.26. The zero-order chi connectivity index (χ0) is 14.3. The summed E-state index contributed by atoms with van der Waals surface area (Å²) in [7, 11) is 4.03. The quantitative estimate of drug-likeness (QED) is 0.796. The maximum absolute atomic E-state index is 12.0. The molecule has 0 saturated carbocycles. The Labute approximate surface area is 118 Å². The number of aliphatic hydroxyl groups is 1. The average Bonchev–Trinajstić information content (AvgIpc) is 2.82. The second-order valence-electron chi connectivity index (χ2n) is 4.59. The van der Waals surface area contributed by atoms with Crippen LogP contribution in [0.15, 0.2) is 12.1 Å². The van der Waals surface area contributed by atoms with Crippen LogP contribution in [0.25, 0.3) is 0 Å². The number of carbonyl (C=O) groups is 1. The van der Waals surface area contributed by atoms with Crippen LogP contribution >= 0.6 is 11.3 Å². The lowest BCUT2D eigenvalue weighted by molar-refractivity contribution is 0.0941. The second kappa shape index (κ2) is 7.95. The van der Waals surface area contributed by atoms with E-state index in [1.807, 2.05) is 21.0 Å². The van der Waals surface area contributed by atoms with Crippen molar-refractivity contribution in [2.45, 2.75) is 19.4 Å².